The van der Waals surface area contributed by atoms with Crippen LogP contribution in [0.25, 0.3) is 0 Å². The highest BCUT2D eigenvalue weighted by Crippen LogP contribution is 2.24. The zero-order chi connectivity index (χ0) is 14.9. The number of hydrogen-bond donors (Lipinski definition) is 1. The first-order valence-electron chi connectivity index (χ1n) is 6.60. The van der Waals surface area contributed by atoms with Gasteiger partial charge in [-0.1, -0.05) is 17.7 Å². The summed E-state index contributed by atoms with van der Waals surface area (Å²) in [6.07, 6.45) is 0. The van der Waals surface area contributed by atoms with Gasteiger partial charge in [0.25, 0.3) is 0 Å². The summed E-state index contributed by atoms with van der Waals surface area (Å²) in [4.78, 5) is 2.11. The summed E-state index contributed by atoms with van der Waals surface area (Å²) in [6, 6.07) is 6.35. The summed E-state index contributed by atoms with van der Waals surface area (Å²) in [5.74, 6) is 0. The quantitative estimate of drug-likeness (QED) is 0.938. The molecule has 0 bridgehead atoms. The van der Waals surface area contributed by atoms with Gasteiger partial charge in [0.2, 0.25) is 0 Å². The van der Waals surface area contributed by atoms with E-state index in [1.165, 1.54) is 11.3 Å². The van der Waals surface area contributed by atoms with E-state index in [9.17, 15) is 0 Å². The molecule has 1 heterocycles. The van der Waals surface area contributed by atoms with Crippen molar-refractivity contribution in [1.82, 2.24) is 9.78 Å². The first kappa shape index (κ1) is 14.7. The summed E-state index contributed by atoms with van der Waals surface area (Å²) < 4.78 is 1.83. The summed E-state index contributed by atoms with van der Waals surface area (Å²) in [5, 5.41) is 8.46. The molecule has 0 saturated heterocycles. The first-order chi connectivity index (χ1) is 9.40. The fourth-order valence-corrected chi connectivity index (χ4v) is 2.49. The molecule has 2 aromatic rings. The van der Waals surface area contributed by atoms with E-state index in [2.05, 4.69) is 40.4 Å². The number of benzene rings is 1. The minimum absolute atomic E-state index is 0.659. The molecular formula is C15H21ClN4. The zero-order valence-corrected chi connectivity index (χ0v) is 13.4. The Morgan fingerprint density at radius 2 is 2.00 bits per heavy atom. The van der Waals surface area contributed by atoms with E-state index in [-0.39, 0.29) is 0 Å². The van der Waals surface area contributed by atoms with E-state index in [1.54, 1.807) is 0 Å². The Kier molecular flexibility index (Phi) is 4.23. The van der Waals surface area contributed by atoms with Crippen LogP contribution in [0.4, 0.5) is 11.4 Å². The molecule has 0 saturated carbocycles. The first-order valence-corrected chi connectivity index (χ1v) is 6.97. The lowest BCUT2D eigenvalue weighted by molar-refractivity contribution is 0.713. The largest absolute Gasteiger partial charge is 0.379 e. The average molecular weight is 293 g/mol. The molecule has 0 aliphatic carbocycles. The maximum atomic E-state index is 6.26. The van der Waals surface area contributed by atoms with Gasteiger partial charge in [-0.3, -0.25) is 4.68 Å². The fourth-order valence-electron chi connectivity index (χ4n) is 2.26. The molecule has 2 rings (SSSR count). The van der Waals surface area contributed by atoms with Crippen molar-refractivity contribution in [1.29, 1.82) is 0 Å². The van der Waals surface area contributed by atoms with Crippen molar-refractivity contribution in [3.8, 4) is 0 Å². The summed E-state index contributed by atoms with van der Waals surface area (Å²) in [5.41, 5.74) is 5.41. The van der Waals surface area contributed by atoms with E-state index in [4.69, 9.17) is 11.6 Å². The third-order valence-electron chi connectivity index (χ3n) is 3.41. The van der Waals surface area contributed by atoms with Crippen LogP contribution in [-0.4, -0.2) is 23.9 Å². The van der Waals surface area contributed by atoms with Gasteiger partial charge in [0.1, 0.15) is 0 Å². The average Bonchev–Trinajstić information content (AvgIpc) is 2.62. The van der Waals surface area contributed by atoms with Crippen molar-refractivity contribution >= 4 is 23.0 Å². The van der Waals surface area contributed by atoms with Crippen molar-refractivity contribution in [3.63, 3.8) is 0 Å². The fraction of sp³-hybridized carbons (Fsp3) is 0.400. The molecule has 0 radical (unpaired) electrons. The van der Waals surface area contributed by atoms with Gasteiger partial charge >= 0.3 is 0 Å². The van der Waals surface area contributed by atoms with Crippen molar-refractivity contribution in [2.45, 2.75) is 20.4 Å². The second kappa shape index (κ2) is 5.75. The van der Waals surface area contributed by atoms with Crippen LogP contribution >= 0.6 is 11.6 Å². The smallest absolute Gasteiger partial charge is 0.0865 e. The number of hydrogen-bond acceptors (Lipinski definition) is 3. The highest BCUT2D eigenvalue weighted by Gasteiger charge is 2.11. The van der Waals surface area contributed by atoms with Crippen LogP contribution in [0.5, 0.6) is 0 Å². The Bertz CT molecular complexity index is 617. The molecular weight excluding hydrogens is 272 g/mol. The van der Waals surface area contributed by atoms with E-state index < -0.39 is 0 Å². The van der Waals surface area contributed by atoms with Gasteiger partial charge < -0.3 is 10.2 Å². The Balaban J connectivity index is 2.17. The maximum absolute atomic E-state index is 6.26. The molecule has 0 atom stereocenters. The van der Waals surface area contributed by atoms with Crippen molar-refractivity contribution in [2.75, 3.05) is 24.3 Å². The molecule has 0 aliphatic rings. The Morgan fingerprint density at radius 1 is 1.30 bits per heavy atom. The predicted molar refractivity (Wildman–Crippen MR) is 85.8 cm³/mol. The Morgan fingerprint density at radius 3 is 2.55 bits per heavy atom. The van der Waals surface area contributed by atoms with Crippen molar-refractivity contribution < 1.29 is 0 Å². The van der Waals surface area contributed by atoms with Crippen LogP contribution in [0.2, 0.25) is 5.02 Å². The number of nitrogens with zero attached hydrogens (tertiary/aromatic N) is 3. The second-order valence-corrected chi connectivity index (χ2v) is 5.60. The van der Waals surface area contributed by atoms with Crippen LogP contribution in [0.3, 0.4) is 0 Å². The normalized spacial score (nSPS) is 10.7. The zero-order valence-electron chi connectivity index (χ0n) is 12.7. The summed E-state index contributed by atoms with van der Waals surface area (Å²) in [6.45, 7) is 4.69. The van der Waals surface area contributed by atoms with Crippen LogP contribution in [-0.2, 0) is 13.6 Å². The number of aromatic nitrogens is 2. The van der Waals surface area contributed by atoms with Crippen molar-refractivity contribution in [3.05, 3.63) is 40.2 Å². The molecule has 0 spiro atoms. The van der Waals surface area contributed by atoms with Gasteiger partial charge in [0, 0.05) is 32.5 Å². The van der Waals surface area contributed by atoms with Gasteiger partial charge in [-0.25, -0.2) is 0 Å². The van der Waals surface area contributed by atoms with Crippen LogP contribution in [0.1, 0.15) is 17.0 Å². The number of nitrogens with one attached hydrogen (secondary N) is 1. The molecule has 0 amide bonds. The molecule has 4 nitrogen and oxygen atoms in total. The topological polar surface area (TPSA) is 33.1 Å². The molecule has 5 heteroatoms. The lowest BCUT2D eigenvalue weighted by Gasteiger charge is -2.17. The molecule has 0 fully saturated rings. The van der Waals surface area contributed by atoms with Gasteiger partial charge in [0.15, 0.2) is 0 Å². The van der Waals surface area contributed by atoms with Crippen molar-refractivity contribution in [2.24, 2.45) is 7.05 Å². The highest BCUT2D eigenvalue weighted by molar-refractivity contribution is 6.31. The Hall–Kier alpha value is -1.68. The minimum atomic E-state index is 0.659. The van der Waals surface area contributed by atoms with Gasteiger partial charge in [0.05, 0.1) is 23.0 Å². The third-order valence-corrected chi connectivity index (χ3v) is 3.90. The predicted octanol–water partition coefficient (Wildman–Crippen LogP) is 3.37. The SMILES string of the molecule is Cc1ccc(NCc2c(Cl)c(C)nn2C)cc1N(C)C. The molecule has 0 aliphatic heterocycles. The second-order valence-electron chi connectivity index (χ2n) is 5.22. The number of anilines is 2. The molecule has 1 aromatic heterocycles. The summed E-state index contributed by atoms with van der Waals surface area (Å²) >= 11 is 6.26. The highest BCUT2D eigenvalue weighted by atomic mass is 35.5. The van der Waals surface area contributed by atoms with E-state index in [0.717, 1.165) is 22.1 Å². The minimum Gasteiger partial charge on any atom is -0.379 e. The van der Waals surface area contributed by atoms with Gasteiger partial charge in [-0.15, -0.1) is 0 Å². The van der Waals surface area contributed by atoms with Gasteiger partial charge in [-0.2, -0.15) is 5.10 Å². The number of aryl methyl sites for hydroxylation is 3. The van der Waals surface area contributed by atoms with Crippen LogP contribution < -0.4 is 10.2 Å². The van der Waals surface area contributed by atoms with Crippen LogP contribution in [0.15, 0.2) is 18.2 Å². The lowest BCUT2D eigenvalue weighted by atomic mass is 10.1. The van der Waals surface area contributed by atoms with Crippen LogP contribution in [0, 0.1) is 13.8 Å². The maximum Gasteiger partial charge on any atom is 0.0865 e. The molecule has 1 aromatic carbocycles. The van der Waals surface area contributed by atoms with E-state index >= 15 is 0 Å². The molecule has 20 heavy (non-hydrogen) atoms. The Labute approximate surface area is 125 Å². The molecule has 108 valence electrons. The van der Waals surface area contributed by atoms with E-state index in [0.29, 0.717) is 6.54 Å². The number of halogens is 1. The lowest BCUT2D eigenvalue weighted by Crippen LogP contribution is -2.11. The van der Waals surface area contributed by atoms with Gasteiger partial charge in [-0.05, 0) is 31.5 Å². The van der Waals surface area contributed by atoms with E-state index in [1.807, 2.05) is 32.7 Å². The number of rotatable bonds is 4. The molecule has 1 N–H and O–H groups in total. The molecule has 0 unspecified atom stereocenters. The standard InChI is InChI=1S/C15H21ClN4/c1-10-6-7-12(8-13(10)19(3)4)17-9-14-15(16)11(2)18-20(14)5/h6-8,17H,9H2,1-5H3. The third kappa shape index (κ3) is 2.90. The summed E-state index contributed by atoms with van der Waals surface area (Å²) in [7, 11) is 6.01. The monoisotopic (exact) mass is 292 g/mol.